The molecule has 2 aromatic heterocycles. The number of anilines is 1. The second kappa shape index (κ2) is 7.88. The van der Waals surface area contributed by atoms with Gasteiger partial charge >= 0.3 is 0 Å². The van der Waals surface area contributed by atoms with Gasteiger partial charge in [0.25, 0.3) is 0 Å². The molecule has 25 heavy (non-hydrogen) atoms. The molecule has 8 heteroatoms. The number of hydrogen-bond acceptors (Lipinski definition) is 7. The van der Waals surface area contributed by atoms with Crippen LogP contribution in [-0.4, -0.2) is 52.2 Å². The number of amides is 1. The molecule has 0 unspecified atom stereocenters. The van der Waals surface area contributed by atoms with Crippen LogP contribution in [0.2, 0.25) is 0 Å². The minimum absolute atomic E-state index is 0.0424. The van der Waals surface area contributed by atoms with Gasteiger partial charge in [0, 0.05) is 24.0 Å². The molecule has 1 aliphatic heterocycles. The molecule has 136 valence electrons. The molecule has 0 aromatic carbocycles. The van der Waals surface area contributed by atoms with E-state index in [1.807, 2.05) is 6.92 Å². The van der Waals surface area contributed by atoms with E-state index in [9.17, 15) is 4.79 Å². The molecular formula is C17H25N5OS2. The summed E-state index contributed by atoms with van der Waals surface area (Å²) in [4.78, 5) is 25.7. The van der Waals surface area contributed by atoms with Crippen molar-refractivity contribution in [2.75, 3.05) is 31.1 Å². The number of nitrogens with zero attached hydrogens (tertiary/aromatic N) is 3. The highest BCUT2D eigenvalue weighted by molar-refractivity contribution is 7.99. The number of carbonyl (C=O) groups excluding carboxylic acids is 1. The van der Waals surface area contributed by atoms with Crippen LogP contribution in [0.3, 0.4) is 0 Å². The Morgan fingerprint density at radius 3 is 2.76 bits per heavy atom. The van der Waals surface area contributed by atoms with E-state index >= 15 is 0 Å². The van der Waals surface area contributed by atoms with Crippen molar-refractivity contribution in [2.24, 2.45) is 0 Å². The maximum atomic E-state index is 12.2. The van der Waals surface area contributed by atoms with Crippen molar-refractivity contribution in [2.45, 2.75) is 44.8 Å². The second-order valence-corrected chi connectivity index (χ2v) is 8.57. The topological polar surface area (TPSA) is 84.1 Å². The van der Waals surface area contributed by atoms with Gasteiger partial charge in [-0.05, 0) is 38.8 Å². The monoisotopic (exact) mass is 379 g/mol. The summed E-state index contributed by atoms with van der Waals surface area (Å²) >= 11 is 2.97. The number of nitrogens with one attached hydrogen (secondary N) is 1. The fraction of sp³-hybridized carbons (Fsp3) is 0.588. The van der Waals surface area contributed by atoms with E-state index in [-0.39, 0.29) is 11.9 Å². The van der Waals surface area contributed by atoms with Crippen LogP contribution >= 0.6 is 23.1 Å². The van der Waals surface area contributed by atoms with Crippen LogP contribution in [0, 0.1) is 13.8 Å². The van der Waals surface area contributed by atoms with Gasteiger partial charge in [-0.2, -0.15) is 0 Å². The molecule has 2 aromatic rings. The SMILES string of the molecule is CCN1CCC(NC(=O)CSc2nc(N)c3c(C)c(C)sc3n2)CC1. The zero-order valence-corrected chi connectivity index (χ0v) is 16.6. The Labute approximate surface area is 156 Å². The van der Waals surface area contributed by atoms with E-state index in [2.05, 4.69) is 34.0 Å². The Kier molecular flexibility index (Phi) is 5.81. The summed E-state index contributed by atoms with van der Waals surface area (Å²) in [5.41, 5.74) is 7.23. The molecule has 0 aliphatic carbocycles. The lowest BCUT2D eigenvalue weighted by Gasteiger charge is -2.31. The lowest BCUT2D eigenvalue weighted by atomic mass is 10.1. The highest BCUT2D eigenvalue weighted by Crippen LogP contribution is 2.33. The molecule has 0 saturated carbocycles. The molecule has 3 N–H and O–H groups in total. The van der Waals surface area contributed by atoms with Crippen molar-refractivity contribution in [3.63, 3.8) is 0 Å². The Bertz CT molecular complexity index is 768. The van der Waals surface area contributed by atoms with Gasteiger partial charge in [-0.15, -0.1) is 11.3 Å². The van der Waals surface area contributed by atoms with Gasteiger partial charge in [0.2, 0.25) is 5.91 Å². The number of aromatic nitrogens is 2. The molecule has 1 fully saturated rings. The highest BCUT2D eigenvalue weighted by atomic mass is 32.2. The van der Waals surface area contributed by atoms with Crippen LogP contribution in [-0.2, 0) is 4.79 Å². The lowest BCUT2D eigenvalue weighted by molar-refractivity contribution is -0.119. The zero-order chi connectivity index (χ0) is 18.0. The predicted molar refractivity (Wildman–Crippen MR) is 105 cm³/mol. The smallest absolute Gasteiger partial charge is 0.230 e. The Morgan fingerprint density at radius 1 is 1.36 bits per heavy atom. The average molecular weight is 380 g/mol. The fourth-order valence-electron chi connectivity index (χ4n) is 3.12. The predicted octanol–water partition coefficient (Wildman–Crippen LogP) is 2.58. The number of nitrogen functional groups attached to an aromatic ring is 1. The summed E-state index contributed by atoms with van der Waals surface area (Å²) in [6.07, 6.45) is 2.04. The number of thioether (sulfide) groups is 1. The number of nitrogens with two attached hydrogens (primary N) is 1. The molecule has 1 amide bonds. The van der Waals surface area contributed by atoms with Gasteiger partial charge in [0.15, 0.2) is 5.16 Å². The standard InChI is InChI=1S/C17H25N5OS2/c1-4-22-7-5-12(6-8-22)19-13(23)9-24-17-20-15(18)14-10(2)11(3)25-16(14)21-17/h12H,4-9H2,1-3H3,(H,19,23)(H2,18,20,21). The molecule has 0 bridgehead atoms. The van der Waals surface area contributed by atoms with E-state index in [0.29, 0.717) is 16.7 Å². The molecule has 0 spiro atoms. The van der Waals surface area contributed by atoms with Crippen molar-refractivity contribution in [1.29, 1.82) is 0 Å². The normalized spacial score (nSPS) is 16.4. The van der Waals surface area contributed by atoms with Crippen molar-refractivity contribution < 1.29 is 4.79 Å². The average Bonchev–Trinajstić information content (AvgIpc) is 2.88. The first-order valence-corrected chi connectivity index (χ1v) is 10.5. The minimum Gasteiger partial charge on any atom is -0.383 e. The summed E-state index contributed by atoms with van der Waals surface area (Å²) < 4.78 is 0. The van der Waals surface area contributed by atoms with E-state index < -0.39 is 0 Å². The maximum Gasteiger partial charge on any atom is 0.230 e. The third kappa shape index (κ3) is 4.24. The second-order valence-electron chi connectivity index (χ2n) is 6.42. The van der Waals surface area contributed by atoms with Crippen LogP contribution in [0.5, 0.6) is 0 Å². The third-order valence-corrected chi connectivity index (χ3v) is 6.72. The van der Waals surface area contributed by atoms with Gasteiger partial charge in [0.05, 0.1) is 11.1 Å². The molecule has 0 radical (unpaired) electrons. The molecule has 0 atom stereocenters. The summed E-state index contributed by atoms with van der Waals surface area (Å²) in [5.74, 6) is 0.866. The number of likely N-dealkylation sites (tertiary alicyclic amines) is 1. The van der Waals surface area contributed by atoms with E-state index in [0.717, 1.165) is 48.3 Å². The molecule has 6 nitrogen and oxygen atoms in total. The third-order valence-electron chi connectivity index (χ3n) is 4.77. The number of aryl methyl sites for hydroxylation is 2. The van der Waals surface area contributed by atoms with Crippen LogP contribution in [0.25, 0.3) is 10.2 Å². The highest BCUT2D eigenvalue weighted by Gasteiger charge is 2.20. The summed E-state index contributed by atoms with van der Waals surface area (Å²) in [7, 11) is 0. The van der Waals surface area contributed by atoms with Gasteiger partial charge in [-0.25, -0.2) is 9.97 Å². The first-order chi connectivity index (χ1) is 12.0. The van der Waals surface area contributed by atoms with Crippen molar-refractivity contribution in [3.8, 4) is 0 Å². The molecule has 1 aliphatic rings. The van der Waals surface area contributed by atoms with Crippen LogP contribution in [0.4, 0.5) is 5.82 Å². The number of thiophene rings is 1. The summed E-state index contributed by atoms with van der Waals surface area (Å²) in [6.45, 7) is 9.47. The largest absolute Gasteiger partial charge is 0.383 e. The van der Waals surface area contributed by atoms with E-state index in [1.54, 1.807) is 11.3 Å². The van der Waals surface area contributed by atoms with E-state index in [4.69, 9.17) is 5.73 Å². The Morgan fingerprint density at radius 2 is 2.08 bits per heavy atom. The Balaban J connectivity index is 1.56. The lowest BCUT2D eigenvalue weighted by Crippen LogP contribution is -2.45. The van der Waals surface area contributed by atoms with Gasteiger partial charge < -0.3 is 16.0 Å². The number of hydrogen-bond donors (Lipinski definition) is 2. The maximum absolute atomic E-state index is 12.2. The minimum atomic E-state index is 0.0424. The van der Waals surface area contributed by atoms with Crippen molar-refractivity contribution in [1.82, 2.24) is 20.2 Å². The molecule has 1 saturated heterocycles. The van der Waals surface area contributed by atoms with Crippen molar-refractivity contribution in [3.05, 3.63) is 10.4 Å². The number of carbonyl (C=O) groups is 1. The van der Waals surface area contributed by atoms with E-state index in [1.165, 1.54) is 16.6 Å². The van der Waals surface area contributed by atoms with Crippen LogP contribution in [0.15, 0.2) is 5.16 Å². The summed E-state index contributed by atoms with van der Waals surface area (Å²) in [5, 5.41) is 4.64. The Hall–Kier alpha value is -1.38. The van der Waals surface area contributed by atoms with Crippen molar-refractivity contribution >= 4 is 45.0 Å². The fourth-order valence-corrected chi connectivity index (χ4v) is 4.87. The van der Waals surface area contributed by atoms with Gasteiger partial charge in [-0.3, -0.25) is 4.79 Å². The van der Waals surface area contributed by atoms with Gasteiger partial charge in [0.1, 0.15) is 10.6 Å². The van der Waals surface area contributed by atoms with Crippen LogP contribution in [0.1, 0.15) is 30.2 Å². The molecular weight excluding hydrogens is 354 g/mol. The number of piperidine rings is 1. The first-order valence-electron chi connectivity index (χ1n) is 8.65. The zero-order valence-electron chi connectivity index (χ0n) is 15.0. The molecule has 3 rings (SSSR count). The number of fused-ring (bicyclic) bond motifs is 1. The number of rotatable bonds is 5. The quantitative estimate of drug-likeness (QED) is 0.614. The van der Waals surface area contributed by atoms with Crippen LogP contribution < -0.4 is 11.1 Å². The molecule has 3 heterocycles. The first kappa shape index (κ1) is 18.4. The van der Waals surface area contributed by atoms with Gasteiger partial charge in [-0.1, -0.05) is 18.7 Å². The summed E-state index contributed by atoms with van der Waals surface area (Å²) in [6, 6.07) is 0.284.